The van der Waals surface area contributed by atoms with Crippen molar-refractivity contribution >= 4 is 11.8 Å². The Labute approximate surface area is 113 Å². The zero-order valence-electron chi connectivity index (χ0n) is 11.9. The van der Waals surface area contributed by atoms with E-state index < -0.39 is 11.6 Å². The predicted octanol–water partition coefficient (Wildman–Crippen LogP) is 0.681. The van der Waals surface area contributed by atoms with E-state index in [2.05, 4.69) is 5.32 Å². The van der Waals surface area contributed by atoms with Gasteiger partial charge in [0.2, 0.25) is 11.8 Å². The third-order valence-electron chi connectivity index (χ3n) is 4.99. The van der Waals surface area contributed by atoms with E-state index in [1.54, 1.807) is 4.90 Å². The van der Waals surface area contributed by atoms with Crippen molar-refractivity contribution in [3.8, 4) is 0 Å². The lowest BCUT2D eigenvalue weighted by atomic mass is 9.85. The van der Waals surface area contributed by atoms with Crippen LogP contribution in [0, 0.1) is 5.92 Å². The molecule has 2 saturated heterocycles. The van der Waals surface area contributed by atoms with Crippen molar-refractivity contribution in [1.29, 1.82) is 0 Å². The highest BCUT2D eigenvalue weighted by atomic mass is 16.5. The van der Waals surface area contributed by atoms with Crippen LogP contribution in [0.5, 0.6) is 0 Å². The van der Waals surface area contributed by atoms with Crippen LogP contribution in [0.15, 0.2) is 0 Å². The molecule has 2 aliphatic heterocycles. The number of nitrogens with zero attached hydrogens (tertiary/aromatic N) is 1. The Morgan fingerprint density at radius 3 is 2.53 bits per heavy atom. The van der Waals surface area contributed by atoms with Crippen molar-refractivity contribution in [2.75, 3.05) is 13.2 Å². The molecule has 3 unspecified atom stereocenters. The van der Waals surface area contributed by atoms with Gasteiger partial charge in [-0.05, 0) is 46.0 Å². The van der Waals surface area contributed by atoms with Gasteiger partial charge in [0.25, 0.3) is 0 Å². The zero-order valence-corrected chi connectivity index (χ0v) is 11.9. The highest BCUT2D eigenvalue weighted by Gasteiger charge is 2.58. The number of ether oxygens (including phenoxy) is 1. The van der Waals surface area contributed by atoms with E-state index >= 15 is 0 Å². The fourth-order valence-corrected chi connectivity index (χ4v) is 3.45. The van der Waals surface area contributed by atoms with Crippen molar-refractivity contribution < 1.29 is 14.3 Å². The highest BCUT2D eigenvalue weighted by molar-refractivity contribution is 6.00. The standard InChI is InChI=1S/C14H22N2O3/c1-9-11(17)15-14(3,10-4-5-10)12(18)16(9)13(2)6-7-19-8-13/h9-10H,4-8H2,1-3H3,(H,15,17). The van der Waals surface area contributed by atoms with Gasteiger partial charge in [0.05, 0.1) is 12.1 Å². The van der Waals surface area contributed by atoms with E-state index in [-0.39, 0.29) is 17.4 Å². The zero-order chi connectivity index (χ0) is 13.8. The lowest BCUT2D eigenvalue weighted by Gasteiger charge is -2.50. The van der Waals surface area contributed by atoms with Crippen molar-refractivity contribution in [2.24, 2.45) is 5.92 Å². The lowest BCUT2D eigenvalue weighted by molar-refractivity contribution is -0.162. The summed E-state index contributed by atoms with van der Waals surface area (Å²) in [4.78, 5) is 27.0. The van der Waals surface area contributed by atoms with Gasteiger partial charge in [-0.2, -0.15) is 0 Å². The van der Waals surface area contributed by atoms with Gasteiger partial charge in [-0.3, -0.25) is 9.59 Å². The van der Waals surface area contributed by atoms with E-state index in [1.165, 1.54) is 0 Å². The average Bonchev–Trinajstić information content (AvgIpc) is 3.11. The molecule has 3 atom stereocenters. The Balaban J connectivity index is 1.96. The van der Waals surface area contributed by atoms with Crippen molar-refractivity contribution in [2.45, 2.75) is 57.2 Å². The van der Waals surface area contributed by atoms with Crippen LogP contribution in [0.25, 0.3) is 0 Å². The Morgan fingerprint density at radius 1 is 1.32 bits per heavy atom. The molecular formula is C14H22N2O3. The largest absolute Gasteiger partial charge is 0.379 e. The molecule has 0 aromatic heterocycles. The minimum absolute atomic E-state index is 0.0397. The van der Waals surface area contributed by atoms with Crippen LogP contribution < -0.4 is 5.32 Å². The van der Waals surface area contributed by atoms with Crippen molar-refractivity contribution in [3.63, 3.8) is 0 Å². The molecule has 5 heteroatoms. The lowest BCUT2D eigenvalue weighted by Crippen LogP contribution is -2.73. The molecule has 2 amide bonds. The summed E-state index contributed by atoms with van der Waals surface area (Å²) in [7, 11) is 0. The van der Waals surface area contributed by atoms with Crippen LogP contribution in [-0.4, -0.2) is 47.0 Å². The van der Waals surface area contributed by atoms with Crippen LogP contribution in [0.2, 0.25) is 0 Å². The molecule has 3 fully saturated rings. The third-order valence-corrected chi connectivity index (χ3v) is 4.99. The number of hydrogen-bond acceptors (Lipinski definition) is 3. The van der Waals surface area contributed by atoms with Crippen LogP contribution in [-0.2, 0) is 14.3 Å². The Kier molecular flexibility index (Phi) is 2.68. The average molecular weight is 266 g/mol. The van der Waals surface area contributed by atoms with Gasteiger partial charge in [0, 0.05) is 6.61 Å². The SMILES string of the molecule is CC1C(=O)NC(C)(C2CC2)C(=O)N1C1(C)CCOC1. The second kappa shape index (κ2) is 3.95. The molecule has 5 nitrogen and oxygen atoms in total. The van der Waals surface area contributed by atoms with E-state index in [0.717, 1.165) is 19.3 Å². The summed E-state index contributed by atoms with van der Waals surface area (Å²) in [5, 5.41) is 2.95. The molecular weight excluding hydrogens is 244 g/mol. The van der Waals surface area contributed by atoms with Gasteiger partial charge in [-0.1, -0.05) is 0 Å². The first-order valence-electron chi connectivity index (χ1n) is 7.12. The maximum Gasteiger partial charge on any atom is 0.249 e. The molecule has 0 aromatic rings. The van der Waals surface area contributed by atoms with Crippen LogP contribution in [0.3, 0.4) is 0 Å². The van der Waals surface area contributed by atoms with Crippen molar-refractivity contribution in [1.82, 2.24) is 10.2 Å². The normalized spacial score (nSPS) is 43.5. The molecule has 0 radical (unpaired) electrons. The summed E-state index contributed by atoms with van der Waals surface area (Å²) in [6, 6.07) is -0.411. The van der Waals surface area contributed by atoms with E-state index in [1.807, 2.05) is 20.8 Å². The molecule has 2 heterocycles. The fourth-order valence-electron chi connectivity index (χ4n) is 3.45. The van der Waals surface area contributed by atoms with Gasteiger partial charge < -0.3 is 15.0 Å². The Hall–Kier alpha value is -1.10. The quantitative estimate of drug-likeness (QED) is 0.799. The molecule has 0 aromatic carbocycles. The summed E-state index contributed by atoms with van der Waals surface area (Å²) >= 11 is 0. The summed E-state index contributed by atoms with van der Waals surface area (Å²) in [6.45, 7) is 6.90. The molecule has 1 saturated carbocycles. The third kappa shape index (κ3) is 1.78. The maximum absolute atomic E-state index is 12.9. The van der Waals surface area contributed by atoms with Crippen molar-refractivity contribution in [3.05, 3.63) is 0 Å². The molecule has 1 aliphatic carbocycles. The van der Waals surface area contributed by atoms with E-state index in [9.17, 15) is 9.59 Å². The number of hydrogen-bond donors (Lipinski definition) is 1. The summed E-state index contributed by atoms with van der Waals surface area (Å²) < 4.78 is 5.46. The van der Waals surface area contributed by atoms with Gasteiger partial charge in [0.1, 0.15) is 11.6 Å². The number of piperazine rings is 1. The summed E-state index contributed by atoms with van der Waals surface area (Å²) in [6.07, 6.45) is 2.85. The van der Waals surface area contributed by atoms with E-state index in [4.69, 9.17) is 4.74 Å². The topological polar surface area (TPSA) is 58.6 Å². The second-order valence-corrected chi connectivity index (χ2v) is 6.62. The van der Waals surface area contributed by atoms with Gasteiger partial charge in [0.15, 0.2) is 0 Å². The summed E-state index contributed by atoms with van der Waals surface area (Å²) in [5.74, 6) is 0.321. The molecule has 1 N–H and O–H groups in total. The van der Waals surface area contributed by atoms with E-state index in [0.29, 0.717) is 19.1 Å². The molecule has 3 aliphatic rings. The monoisotopic (exact) mass is 266 g/mol. The molecule has 19 heavy (non-hydrogen) atoms. The number of carbonyl (C=O) groups is 2. The van der Waals surface area contributed by atoms with Crippen LogP contribution in [0.4, 0.5) is 0 Å². The summed E-state index contributed by atoms with van der Waals surface area (Å²) in [5.41, 5.74) is -1.06. The maximum atomic E-state index is 12.9. The Bertz CT molecular complexity index is 426. The Morgan fingerprint density at radius 2 is 2.00 bits per heavy atom. The number of rotatable bonds is 2. The van der Waals surface area contributed by atoms with Crippen LogP contribution >= 0.6 is 0 Å². The fraction of sp³-hybridized carbons (Fsp3) is 0.857. The number of carbonyl (C=O) groups excluding carboxylic acids is 2. The van der Waals surface area contributed by atoms with Gasteiger partial charge in [-0.15, -0.1) is 0 Å². The molecule has 0 bridgehead atoms. The second-order valence-electron chi connectivity index (χ2n) is 6.62. The molecule has 106 valence electrons. The number of nitrogens with one attached hydrogen (secondary N) is 1. The highest BCUT2D eigenvalue weighted by Crippen LogP contribution is 2.44. The van der Waals surface area contributed by atoms with Gasteiger partial charge >= 0.3 is 0 Å². The van der Waals surface area contributed by atoms with Crippen LogP contribution in [0.1, 0.15) is 40.0 Å². The first-order chi connectivity index (χ1) is 8.88. The molecule has 3 rings (SSSR count). The minimum Gasteiger partial charge on any atom is -0.379 e. The smallest absolute Gasteiger partial charge is 0.249 e. The van der Waals surface area contributed by atoms with Gasteiger partial charge in [-0.25, -0.2) is 0 Å². The number of amides is 2. The first kappa shape index (κ1) is 12.9. The predicted molar refractivity (Wildman–Crippen MR) is 69.4 cm³/mol. The molecule has 0 spiro atoms. The first-order valence-corrected chi connectivity index (χ1v) is 7.12. The minimum atomic E-state index is -0.713.